The first kappa shape index (κ1) is 28.8. The average molecular weight is 626 g/mol. The molecule has 0 amide bonds. The third kappa shape index (κ3) is 6.45. The number of benzene rings is 2. The third-order valence-electron chi connectivity index (χ3n) is 9.43. The molecule has 7 rings (SSSR count). The van der Waals surface area contributed by atoms with E-state index in [0.29, 0.717) is 22.2 Å². The molecule has 2 bridgehead atoms. The van der Waals surface area contributed by atoms with Crippen LogP contribution in [0.3, 0.4) is 0 Å². The van der Waals surface area contributed by atoms with Gasteiger partial charge in [0.05, 0.1) is 17.1 Å². The van der Waals surface area contributed by atoms with Gasteiger partial charge < -0.3 is 15.5 Å². The van der Waals surface area contributed by atoms with Gasteiger partial charge in [-0.1, -0.05) is 30.2 Å². The van der Waals surface area contributed by atoms with Crippen molar-refractivity contribution in [3.05, 3.63) is 65.1 Å². The molecule has 228 valence electrons. The maximum Gasteiger partial charge on any atom is 0.229 e. The number of sulfonamides is 1. The molecule has 0 spiro atoms. The predicted octanol–water partition coefficient (Wildman–Crippen LogP) is 5.65. The van der Waals surface area contributed by atoms with Gasteiger partial charge in [-0.3, -0.25) is 4.90 Å². The number of piperazine rings is 1. The van der Waals surface area contributed by atoms with Crippen LogP contribution in [0.1, 0.15) is 44.1 Å². The molecule has 1 aliphatic heterocycles. The zero-order valence-electron chi connectivity index (χ0n) is 24.0. The van der Waals surface area contributed by atoms with Gasteiger partial charge in [0.1, 0.15) is 10.8 Å². The smallest absolute Gasteiger partial charge is 0.229 e. The summed E-state index contributed by atoms with van der Waals surface area (Å²) >= 11 is 6.36. The summed E-state index contributed by atoms with van der Waals surface area (Å²) in [5.74, 6) is 2.21. The van der Waals surface area contributed by atoms with E-state index in [1.165, 1.54) is 37.9 Å². The van der Waals surface area contributed by atoms with Crippen LogP contribution in [0.15, 0.2) is 48.7 Å². The van der Waals surface area contributed by atoms with Gasteiger partial charge in [0.15, 0.2) is 5.82 Å². The van der Waals surface area contributed by atoms with E-state index in [1.807, 2.05) is 36.4 Å². The fourth-order valence-electron chi connectivity index (χ4n) is 6.96. The van der Waals surface area contributed by atoms with Gasteiger partial charge in [-0.15, -0.1) is 0 Å². The third-order valence-corrected chi connectivity index (χ3v) is 11.6. The van der Waals surface area contributed by atoms with Crippen molar-refractivity contribution in [3.8, 4) is 0 Å². The standard InChI is InChI=1S/C31H37ClFN7O2S/c32-26-19-34-31(38-30(26)36-23-5-2-20(3-6-23)18-35-43(41,42)25-8-9-25)37-24-7-10-28(27(33)17-24)39-11-13-40(14-12-39)29-16-21-1-4-22(29)15-21/h2-3,5-7,10,17,19,21-22,25,29,35H,1,4,8-9,11-16,18H2,(H2,34,36,37,38). The van der Waals surface area contributed by atoms with Crippen LogP contribution in [-0.2, 0) is 16.6 Å². The molecule has 3 saturated carbocycles. The highest BCUT2D eigenvalue weighted by Crippen LogP contribution is 2.47. The first-order valence-electron chi connectivity index (χ1n) is 15.2. The van der Waals surface area contributed by atoms with Gasteiger partial charge >= 0.3 is 0 Å². The number of hydrogen-bond donors (Lipinski definition) is 3. The van der Waals surface area contributed by atoms with Crippen molar-refractivity contribution in [3.63, 3.8) is 0 Å². The fraction of sp³-hybridized carbons (Fsp3) is 0.484. The summed E-state index contributed by atoms with van der Waals surface area (Å²) in [5.41, 5.74) is 2.75. The Bertz CT molecular complexity index is 1580. The first-order valence-corrected chi connectivity index (χ1v) is 17.2. The van der Waals surface area contributed by atoms with E-state index in [1.54, 1.807) is 0 Å². The molecule has 12 heteroatoms. The molecule has 4 aliphatic rings. The largest absolute Gasteiger partial charge is 0.367 e. The summed E-state index contributed by atoms with van der Waals surface area (Å²) in [6.45, 7) is 3.90. The maximum absolute atomic E-state index is 15.3. The van der Waals surface area contributed by atoms with E-state index in [0.717, 1.165) is 68.1 Å². The number of aromatic nitrogens is 2. The van der Waals surface area contributed by atoms with Crippen molar-refractivity contribution in [2.45, 2.75) is 56.4 Å². The summed E-state index contributed by atoms with van der Waals surface area (Å²) in [4.78, 5) is 13.5. The van der Waals surface area contributed by atoms with E-state index in [9.17, 15) is 8.42 Å². The van der Waals surface area contributed by atoms with Crippen molar-refractivity contribution >= 4 is 50.5 Å². The van der Waals surface area contributed by atoms with Crippen molar-refractivity contribution in [1.82, 2.24) is 19.6 Å². The van der Waals surface area contributed by atoms with Crippen LogP contribution in [0.5, 0.6) is 0 Å². The predicted molar refractivity (Wildman–Crippen MR) is 168 cm³/mol. The Morgan fingerprint density at radius 2 is 1.70 bits per heavy atom. The number of halogens is 2. The Labute approximate surface area is 257 Å². The van der Waals surface area contributed by atoms with E-state index < -0.39 is 10.0 Å². The molecule has 3 unspecified atom stereocenters. The average Bonchev–Trinajstić information content (AvgIpc) is 3.67. The minimum absolute atomic E-state index is 0.244. The Balaban J connectivity index is 0.950. The number of hydrogen-bond acceptors (Lipinski definition) is 8. The minimum Gasteiger partial charge on any atom is -0.367 e. The van der Waals surface area contributed by atoms with Crippen LogP contribution in [0.4, 0.5) is 33.2 Å². The molecule has 3 atom stereocenters. The minimum atomic E-state index is -3.23. The molecular formula is C31H37ClFN7O2S. The van der Waals surface area contributed by atoms with E-state index in [2.05, 4.69) is 35.1 Å². The van der Waals surface area contributed by atoms with Crippen molar-refractivity contribution in [2.75, 3.05) is 41.7 Å². The number of nitrogens with one attached hydrogen (secondary N) is 3. The van der Waals surface area contributed by atoms with Crippen molar-refractivity contribution in [2.24, 2.45) is 11.8 Å². The van der Waals surface area contributed by atoms with Crippen LogP contribution in [0.2, 0.25) is 5.02 Å². The van der Waals surface area contributed by atoms with Crippen molar-refractivity contribution < 1.29 is 12.8 Å². The Kier molecular flexibility index (Phi) is 7.92. The summed E-state index contributed by atoms with van der Waals surface area (Å²) in [6, 6.07) is 13.2. The Morgan fingerprint density at radius 1 is 0.930 bits per heavy atom. The molecule has 4 fully saturated rings. The summed E-state index contributed by atoms with van der Waals surface area (Å²) in [5, 5.41) is 6.35. The van der Waals surface area contributed by atoms with Gasteiger partial charge in [-0.05, 0) is 79.8 Å². The van der Waals surface area contributed by atoms with E-state index >= 15 is 4.39 Å². The summed E-state index contributed by atoms with van der Waals surface area (Å²) in [7, 11) is -3.23. The molecule has 1 aromatic heterocycles. The second-order valence-corrected chi connectivity index (χ2v) is 14.8. The fourth-order valence-corrected chi connectivity index (χ4v) is 8.46. The topological polar surface area (TPSA) is 102 Å². The lowest BCUT2D eigenvalue weighted by molar-refractivity contribution is 0.134. The zero-order chi connectivity index (χ0) is 29.6. The van der Waals surface area contributed by atoms with Crippen LogP contribution >= 0.6 is 11.6 Å². The van der Waals surface area contributed by atoms with Gasteiger partial charge in [0, 0.05) is 50.1 Å². The summed E-state index contributed by atoms with van der Waals surface area (Å²) < 4.78 is 42.1. The lowest BCUT2D eigenvalue weighted by atomic mass is 9.93. The number of fused-ring (bicyclic) bond motifs is 2. The molecule has 1 saturated heterocycles. The highest BCUT2D eigenvalue weighted by molar-refractivity contribution is 7.90. The van der Waals surface area contributed by atoms with Crippen LogP contribution in [-0.4, -0.2) is 60.8 Å². The second-order valence-electron chi connectivity index (χ2n) is 12.3. The SMILES string of the molecule is O=S(=O)(NCc1ccc(Nc2nc(Nc3ccc(N4CCN(C5CC6CCC5C6)CC4)c(F)c3)ncc2Cl)cc1)C1CC1. The normalized spacial score (nSPS) is 24.0. The molecule has 3 aromatic rings. The van der Waals surface area contributed by atoms with Gasteiger partial charge in [0.25, 0.3) is 0 Å². The van der Waals surface area contributed by atoms with E-state index in [-0.39, 0.29) is 23.6 Å². The quantitative estimate of drug-likeness (QED) is 0.266. The molecule has 0 radical (unpaired) electrons. The molecular weight excluding hydrogens is 589 g/mol. The maximum atomic E-state index is 15.3. The highest BCUT2D eigenvalue weighted by Gasteiger charge is 2.42. The van der Waals surface area contributed by atoms with Crippen LogP contribution < -0.4 is 20.3 Å². The number of anilines is 5. The lowest BCUT2D eigenvalue weighted by Gasteiger charge is -2.41. The molecule has 3 N–H and O–H groups in total. The summed E-state index contributed by atoms with van der Waals surface area (Å²) in [6.07, 6.45) is 8.50. The molecule has 2 heterocycles. The number of rotatable bonds is 10. The van der Waals surface area contributed by atoms with Crippen LogP contribution in [0, 0.1) is 17.7 Å². The molecule has 9 nitrogen and oxygen atoms in total. The lowest BCUT2D eigenvalue weighted by Crippen LogP contribution is -2.52. The second kappa shape index (κ2) is 11.8. The molecule has 2 aromatic carbocycles. The van der Waals surface area contributed by atoms with Gasteiger partial charge in [-0.2, -0.15) is 4.98 Å². The highest BCUT2D eigenvalue weighted by atomic mass is 35.5. The first-order chi connectivity index (χ1) is 20.8. The molecule has 43 heavy (non-hydrogen) atoms. The van der Waals surface area contributed by atoms with Gasteiger partial charge in [0.2, 0.25) is 16.0 Å². The molecule has 3 aliphatic carbocycles. The van der Waals surface area contributed by atoms with E-state index in [4.69, 9.17) is 11.6 Å². The zero-order valence-corrected chi connectivity index (χ0v) is 25.5. The monoisotopic (exact) mass is 625 g/mol. The van der Waals surface area contributed by atoms with Crippen molar-refractivity contribution in [1.29, 1.82) is 0 Å². The van der Waals surface area contributed by atoms with Crippen LogP contribution in [0.25, 0.3) is 0 Å². The van der Waals surface area contributed by atoms with Gasteiger partial charge in [-0.25, -0.2) is 22.5 Å². The Morgan fingerprint density at radius 3 is 2.37 bits per heavy atom. The number of nitrogens with zero attached hydrogens (tertiary/aromatic N) is 4. The Hall–Kier alpha value is -2.99.